The summed E-state index contributed by atoms with van der Waals surface area (Å²) >= 11 is 2.61. The summed E-state index contributed by atoms with van der Waals surface area (Å²) in [6.45, 7) is 1.47. The van der Waals surface area contributed by atoms with Gasteiger partial charge in [-0.25, -0.2) is 0 Å². The van der Waals surface area contributed by atoms with Crippen LogP contribution in [0.1, 0.15) is 34.3 Å². The molecule has 0 saturated heterocycles. The maximum atomic E-state index is 12.7. The van der Waals surface area contributed by atoms with E-state index in [4.69, 9.17) is 4.74 Å². The number of aliphatic hydroxyl groups is 1. The number of thiophene rings is 1. The first-order valence-corrected chi connectivity index (χ1v) is 11.4. The Morgan fingerprint density at radius 1 is 1.30 bits per heavy atom. The van der Waals surface area contributed by atoms with E-state index >= 15 is 0 Å². The van der Waals surface area contributed by atoms with Crippen LogP contribution in [0.25, 0.3) is 10.9 Å². The first-order chi connectivity index (χ1) is 14.4. The highest BCUT2D eigenvalue weighted by atomic mass is 32.2. The van der Waals surface area contributed by atoms with Gasteiger partial charge in [-0.1, -0.05) is 0 Å². The first-order valence-electron chi connectivity index (χ1n) is 9.61. The number of carbonyl (C=O) groups is 2. The fourth-order valence-electron chi connectivity index (χ4n) is 2.98. The maximum Gasteiger partial charge on any atom is 0.257 e. The molecule has 30 heavy (non-hydrogen) atoms. The Hall–Kier alpha value is -2.42. The minimum Gasteiger partial charge on any atom is -0.497 e. The van der Waals surface area contributed by atoms with Crippen LogP contribution < -0.4 is 10.1 Å². The van der Waals surface area contributed by atoms with E-state index in [-0.39, 0.29) is 17.6 Å². The summed E-state index contributed by atoms with van der Waals surface area (Å²) in [6, 6.07) is 11.1. The number of thioether (sulfide) groups is 1. The summed E-state index contributed by atoms with van der Waals surface area (Å²) in [7, 11) is 1.61. The van der Waals surface area contributed by atoms with Gasteiger partial charge in [0.1, 0.15) is 5.75 Å². The Balaban J connectivity index is 1.45. The molecule has 0 bridgehead atoms. The Labute approximate surface area is 182 Å². The van der Waals surface area contributed by atoms with Crippen LogP contribution in [0, 0.1) is 0 Å². The number of Topliss-reactive ketones (excluding diaryl/α,β-unsaturated/α-hetero) is 1. The Bertz CT molecular complexity index is 1110. The normalized spacial score (nSPS) is 15.6. The molecule has 0 aliphatic heterocycles. The fourth-order valence-corrected chi connectivity index (χ4v) is 4.99. The summed E-state index contributed by atoms with van der Waals surface area (Å²) in [6.07, 6.45) is 3.61. The van der Waals surface area contributed by atoms with Crippen LogP contribution in [0.15, 0.2) is 47.5 Å². The Morgan fingerprint density at radius 3 is 2.83 bits per heavy atom. The first kappa shape index (κ1) is 20.8. The van der Waals surface area contributed by atoms with Gasteiger partial charge in [0.25, 0.3) is 5.91 Å². The molecule has 1 fully saturated rings. The molecular formula is C22H22N2O4S2. The van der Waals surface area contributed by atoms with Crippen molar-refractivity contribution in [2.24, 2.45) is 0 Å². The number of amides is 1. The number of methoxy groups -OCH3 is 1. The average molecular weight is 443 g/mol. The number of nitrogens with zero attached hydrogens (tertiary/aromatic N) is 1. The number of nitrogens with one attached hydrogen (secondary N) is 1. The maximum absolute atomic E-state index is 12.7. The average Bonchev–Trinajstić information content (AvgIpc) is 3.41. The molecule has 1 amide bonds. The quantitative estimate of drug-likeness (QED) is 0.408. The molecule has 1 atom stereocenters. The lowest BCUT2D eigenvalue weighted by Gasteiger charge is -2.20. The number of ether oxygens (including phenoxy) is 1. The zero-order chi connectivity index (χ0) is 21.3. The number of rotatable bonds is 8. The van der Waals surface area contributed by atoms with Crippen LogP contribution in [0.5, 0.6) is 5.75 Å². The molecule has 8 heteroatoms. The van der Waals surface area contributed by atoms with Gasteiger partial charge < -0.3 is 15.2 Å². The zero-order valence-corrected chi connectivity index (χ0v) is 18.3. The second kappa shape index (κ2) is 8.37. The largest absolute Gasteiger partial charge is 0.497 e. The second-order valence-corrected chi connectivity index (χ2v) is 9.49. The van der Waals surface area contributed by atoms with Crippen molar-refractivity contribution in [1.82, 2.24) is 10.3 Å². The van der Waals surface area contributed by atoms with Crippen LogP contribution in [-0.2, 0) is 10.4 Å². The van der Waals surface area contributed by atoms with E-state index in [1.807, 2.05) is 24.3 Å². The third-order valence-corrected chi connectivity index (χ3v) is 7.39. The van der Waals surface area contributed by atoms with Crippen LogP contribution >= 0.6 is 23.1 Å². The van der Waals surface area contributed by atoms with E-state index in [9.17, 15) is 14.7 Å². The van der Waals surface area contributed by atoms with Crippen molar-refractivity contribution in [1.29, 1.82) is 0 Å². The van der Waals surface area contributed by atoms with Gasteiger partial charge in [-0.05, 0) is 50.1 Å². The smallest absolute Gasteiger partial charge is 0.257 e. The number of hydrogen-bond donors (Lipinski definition) is 2. The van der Waals surface area contributed by atoms with Crippen molar-refractivity contribution in [3.8, 4) is 5.75 Å². The molecule has 156 valence electrons. The van der Waals surface area contributed by atoms with Crippen molar-refractivity contribution in [3.63, 3.8) is 0 Å². The third-order valence-electron chi connectivity index (χ3n) is 4.98. The predicted octanol–water partition coefficient (Wildman–Crippen LogP) is 3.77. The van der Waals surface area contributed by atoms with Crippen molar-refractivity contribution >= 4 is 45.7 Å². The molecule has 0 spiro atoms. The van der Waals surface area contributed by atoms with E-state index < -0.39 is 11.5 Å². The number of ketones is 1. The lowest BCUT2D eigenvalue weighted by Crippen LogP contribution is -2.42. The highest BCUT2D eigenvalue weighted by Crippen LogP contribution is 2.33. The summed E-state index contributed by atoms with van der Waals surface area (Å²) in [5.74, 6) is 0.519. The van der Waals surface area contributed by atoms with E-state index in [0.29, 0.717) is 9.75 Å². The van der Waals surface area contributed by atoms with Gasteiger partial charge >= 0.3 is 0 Å². The topological polar surface area (TPSA) is 88.5 Å². The van der Waals surface area contributed by atoms with Gasteiger partial charge in [0.2, 0.25) is 0 Å². The molecule has 0 unspecified atom stereocenters. The standard InChI is InChI=1S/C22H22N2O4S2/c1-22(27,21(26)24-13-3-4-13)20-8-7-19(30-20)17(25)12-29-18-9-10-23-16-11-14(28-2)5-6-15(16)18/h5-11,13,27H,3-4,12H2,1-2H3,(H,24,26)/t22-/m1/s1. The molecule has 2 heterocycles. The molecule has 0 radical (unpaired) electrons. The van der Waals surface area contributed by atoms with Gasteiger partial charge in [0.15, 0.2) is 11.4 Å². The van der Waals surface area contributed by atoms with E-state index in [1.54, 1.807) is 25.4 Å². The van der Waals surface area contributed by atoms with Gasteiger partial charge in [-0.3, -0.25) is 14.6 Å². The fraction of sp³-hybridized carbons (Fsp3) is 0.318. The number of pyridine rings is 1. The highest BCUT2D eigenvalue weighted by Gasteiger charge is 2.37. The molecule has 1 aromatic carbocycles. The van der Waals surface area contributed by atoms with Crippen LogP contribution in [-0.4, -0.2) is 40.7 Å². The number of hydrogen-bond acceptors (Lipinski definition) is 7. The number of benzene rings is 1. The van der Waals surface area contributed by atoms with Crippen molar-refractivity contribution in [2.45, 2.75) is 36.3 Å². The molecular weight excluding hydrogens is 420 g/mol. The van der Waals surface area contributed by atoms with Gasteiger partial charge in [-0.15, -0.1) is 23.1 Å². The monoisotopic (exact) mass is 442 g/mol. The van der Waals surface area contributed by atoms with E-state index in [2.05, 4.69) is 10.3 Å². The van der Waals surface area contributed by atoms with Gasteiger partial charge in [0.05, 0.1) is 23.3 Å². The molecule has 1 aliphatic carbocycles. The number of aromatic nitrogens is 1. The lowest BCUT2D eigenvalue weighted by molar-refractivity contribution is -0.138. The SMILES string of the molecule is COc1ccc2c(SCC(=O)c3ccc([C@@](C)(O)C(=O)NC4CC4)s3)ccnc2c1. The van der Waals surface area contributed by atoms with Gasteiger partial charge in [0, 0.05) is 33.5 Å². The van der Waals surface area contributed by atoms with Gasteiger partial charge in [-0.2, -0.15) is 0 Å². The van der Waals surface area contributed by atoms with Crippen LogP contribution in [0.2, 0.25) is 0 Å². The lowest BCUT2D eigenvalue weighted by atomic mass is 10.0. The molecule has 6 nitrogen and oxygen atoms in total. The molecule has 4 rings (SSSR count). The van der Waals surface area contributed by atoms with E-state index in [1.165, 1.54) is 18.7 Å². The van der Waals surface area contributed by atoms with E-state index in [0.717, 1.165) is 45.7 Å². The molecule has 1 aliphatic rings. The summed E-state index contributed by atoms with van der Waals surface area (Å²) in [4.78, 5) is 31.4. The highest BCUT2D eigenvalue weighted by molar-refractivity contribution is 8.00. The van der Waals surface area contributed by atoms with Crippen molar-refractivity contribution in [2.75, 3.05) is 12.9 Å². The third kappa shape index (κ3) is 4.35. The number of fused-ring (bicyclic) bond motifs is 1. The predicted molar refractivity (Wildman–Crippen MR) is 118 cm³/mol. The molecule has 2 N–H and O–H groups in total. The Kier molecular flexibility index (Phi) is 5.81. The minimum absolute atomic E-state index is 0.0480. The second-order valence-electron chi connectivity index (χ2n) is 7.39. The Morgan fingerprint density at radius 2 is 2.10 bits per heavy atom. The minimum atomic E-state index is -1.64. The molecule has 2 aromatic heterocycles. The zero-order valence-electron chi connectivity index (χ0n) is 16.7. The van der Waals surface area contributed by atoms with Crippen molar-refractivity contribution in [3.05, 3.63) is 52.3 Å². The number of carbonyl (C=O) groups excluding carboxylic acids is 2. The van der Waals surface area contributed by atoms with Crippen LogP contribution in [0.3, 0.4) is 0 Å². The summed E-state index contributed by atoms with van der Waals surface area (Å²) in [5, 5.41) is 14.4. The van der Waals surface area contributed by atoms with Crippen LogP contribution in [0.4, 0.5) is 0 Å². The summed E-state index contributed by atoms with van der Waals surface area (Å²) < 4.78 is 5.24. The molecule has 1 saturated carbocycles. The van der Waals surface area contributed by atoms with Crippen molar-refractivity contribution < 1.29 is 19.4 Å². The summed E-state index contributed by atoms with van der Waals surface area (Å²) in [5.41, 5.74) is -0.831. The molecule has 3 aromatic rings.